The monoisotopic (exact) mass is 502 g/mol. The maximum atomic E-state index is 10.4. The first kappa shape index (κ1) is 25.9. The summed E-state index contributed by atoms with van der Waals surface area (Å²) in [6, 6.07) is 12.4. The van der Waals surface area contributed by atoms with Crippen LogP contribution in [0.4, 0.5) is 0 Å². The van der Waals surface area contributed by atoms with Gasteiger partial charge in [-0.2, -0.15) is 12.1 Å². The van der Waals surface area contributed by atoms with Gasteiger partial charge in [-0.3, -0.25) is 11.3 Å². The molecule has 3 rings (SSSR count). The van der Waals surface area contributed by atoms with Crippen molar-refractivity contribution in [1.29, 1.82) is 0 Å². The van der Waals surface area contributed by atoms with Crippen molar-refractivity contribution in [2.45, 2.75) is 64.6 Å². The molecular formula is C25H33O3SY-. The summed E-state index contributed by atoms with van der Waals surface area (Å²) in [5, 5.41) is 23.0. The summed E-state index contributed by atoms with van der Waals surface area (Å²) in [4.78, 5) is 1.20. The summed E-state index contributed by atoms with van der Waals surface area (Å²) in [6.45, 7) is 3.70. The number of hydrogen-bond donors (Lipinski definition) is 2. The molecule has 0 amide bonds. The van der Waals surface area contributed by atoms with Gasteiger partial charge < -0.3 is 14.9 Å². The summed E-state index contributed by atoms with van der Waals surface area (Å²) in [7, 11) is 0. The average molecular weight is 503 g/mol. The fraction of sp³-hybridized carbons (Fsp3) is 0.520. The quantitative estimate of drug-likeness (QED) is 0.280. The van der Waals surface area contributed by atoms with E-state index < -0.39 is 0 Å². The van der Waals surface area contributed by atoms with Gasteiger partial charge in [0, 0.05) is 51.8 Å². The number of rotatable bonds is 12. The zero-order chi connectivity index (χ0) is 20.5. The predicted octanol–water partition coefficient (Wildman–Crippen LogP) is 5.92. The number of aliphatic hydroxyl groups excluding tert-OH is 2. The Bertz CT molecular complexity index is 755. The summed E-state index contributed by atoms with van der Waals surface area (Å²) in [5.74, 6) is 0.362. The van der Waals surface area contributed by atoms with E-state index in [1.54, 1.807) is 11.3 Å². The Morgan fingerprint density at radius 2 is 2.00 bits per heavy atom. The van der Waals surface area contributed by atoms with Crippen LogP contribution in [0.3, 0.4) is 0 Å². The van der Waals surface area contributed by atoms with Gasteiger partial charge in [0.2, 0.25) is 0 Å². The van der Waals surface area contributed by atoms with Crippen LogP contribution in [0.2, 0.25) is 0 Å². The third-order valence-electron chi connectivity index (χ3n) is 5.78. The number of aliphatic hydroxyl groups is 2. The molecule has 2 aromatic rings. The Kier molecular flexibility index (Phi) is 12.0. The molecule has 0 aliphatic heterocycles. The van der Waals surface area contributed by atoms with Crippen LogP contribution in [0, 0.1) is 11.3 Å². The van der Waals surface area contributed by atoms with Gasteiger partial charge in [0.1, 0.15) is 0 Å². The van der Waals surface area contributed by atoms with E-state index in [4.69, 9.17) is 4.74 Å². The van der Waals surface area contributed by atoms with Crippen LogP contribution in [0.1, 0.15) is 74.0 Å². The molecule has 1 aromatic heterocycles. The fourth-order valence-electron chi connectivity index (χ4n) is 4.21. The molecule has 0 fully saturated rings. The van der Waals surface area contributed by atoms with Crippen molar-refractivity contribution in [1.82, 2.24) is 0 Å². The Balaban J connectivity index is 0.00000320. The molecule has 3 nitrogen and oxygen atoms in total. The van der Waals surface area contributed by atoms with E-state index in [1.807, 2.05) is 6.07 Å². The van der Waals surface area contributed by atoms with Crippen molar-refractivity contribution in [3.05, 3.63) is 63.4 Å². The normalized spacial score (nSPS) is 17.2. The molecule has 0 bridgehead atoms. The number of benzene rings is 1. The van der Waals surface area contributed by atoms with Crippen LogP contribution in [-0.4, -0.2) is 23.4 Å². The van der Waals surface area contributed by atoms with Crippen molar-refractivity contribution in [3.8, 4) is 0 Å². The van der Waals surface area contributed by atoms with Gasteiger partial charge in [0.05, 0.1) is 12.7 Å². The fourth-order valence-corrected chi connectivity index (χ4v) is 4.77. The van der Waals surface area contributed by atoms with Gasteiger partial charge in [-0.15, -0.1) is 10.3 Å². The van der Waals surface area contributed by atoms with Crippen LogP contribution in [0.25, 0.3) is 5.57 Å². The minimum absolute atomic E-state index is 0. The molecule has 0 saturated carbocycles. The molecule has 1 heterocycles. The molecule has 1 aliphatic rings. The van der Waals surface area contributed by atoms with E-state index in [0.29, 0.717) is 19.1 Å². The van der Waals surface area contributed by atoms with Gasteiger partial charge in [-0.1, -0.05) is 56.0 Å². The zero-order valence-corrected chi connectivity index (χ0v) is 21.6. The molecule has 0 saturated heterocycles. The number of unbranched alkanes of at least 4 members (excludes halogenated alkanes) is 2. The van der Waals surface area contributed by atoms with Gasteiger partial charge in [0.15, 0.2) is 0 Å². The second-order valence-corrected chi connectivity index (χ2v) is 8.86. The van der Waals surface area contributed by atoms with E-state index in [1.165, 1.54) is 28.0 Å². The summed E-state index contributed by atoms with van der Waals surface area (Å²) >= 11 is 1.60. The van der Waals surface area contributed by atoms with Gasteiger partial charge >= 0.3 is 0 Å². The van der Waals surface area contributed by atoms with Crippen LogP contribution in [0.15, 0.2) is 42.0 Å². The van der Waals surface area contributed by atoms with E-state index in [2.05, 4.69) is 42.6 Å². The Morgan fingerprint density at radius 3 is 2.67 bits per heavy atom. The smallest absolute Gasteiger partial charge is 0.0790 e. The van der Waals surface area contributed by atoms with Crippen molar-refractivity contribution >= 4 is 16.9 Å². The van der Waals surface area contributed by atoms with Crippen molar-refractivity contribution in [2.75, 3.05) is 13.2 Å². The van der Waals surface area contributed by atoms with Gasteiger partial charge in [-0.05, 0) is 42.4 Å². The van der Waals surface area contributed by atoms with Crippen LogP contribution < -0.4 is 0 Å². The van der Waals surface area contributed by atoms with Crippen LogP contribution in [0.5, 0.6) is 0 Å². The topological polar surface area (TPSA) is 49.7 Å². The van der Waals surface area contributed by atoms with Crippen molar-refractivity contribution < 1.29 is 47.7 Å². The third-order valence-corrected chi connectivity index (χ3v) is 6.55. The summed E-state index contributed by atoms with van der Waals surface area (Å²) in [5.41, 5.74) is 4.88. The third kappa shape index (κ3) is 7.36. The molecular weight excluding hydrogens is 469 g/mol. The average Bonchev–Trinajstić information content (AvgIpc) is 3.39. The first-order valence-electron chi connectivity index (χ1n) is 10.9. The Morgan fingerprint density at radius 1 is 1.20 bits per heavy atom. The number of hydrogen-bond acceptors (Lipinski definition) is 4. The molecule has 0 spiro atoms. The van der Waals surface area contributed by atoms with Crippen molar-refractivity contribution in [3.63, 3.8) is 0 Å². The first-order valence-corrected chi connectivity index (χ1v) is 11.7. The standard InChI is InChI=1S/C25H33O3S.Y/c1-2-3-4-7-24(27)19-8-10-20(11-9-19)25-21(14-15-26)12-13-22(25)17-28-18-23-6-5-16-29-23;/h5-6,8-11,22,24,26-27H,2-4,7,12-15,17-18H2,1H3;/q-1;/t22-,24?;/m1./s1. The first-order chi connectivity index (χ1) is 14.2. The molecule has 2 atom stereocenters. The van der Waals surface area contributed by atoms with Crippen molar-refractivity contribution in [2.24, 2.45) is 5.92 Å². The molecule has 1 aromatic carbocycles. The van der Waals surface area contributed by atoms with Gasteiger partial charge in [0.25, 0.3) is 0 Å². The number of thiophene rings is 1. The molecule has 1 aliphatic carbocycles. The molecule has 5 heteroatoms. The zero-order valence-electron chi connectivity index (χ0n) is 18.0. The number of ether oxygens (including phenoxy) is 1. The van der Waals surface area contributed by atoms with E-state index in [0.717, 1.165) is 44.1 Å². The second kappa shape index (κ2) is 13.9. The minimum atomic E-state index is -0.383. The molecule has 30 heavy (non-hydrogen) atoms. The molecule has 2 N–H and O–H groups in total. The molecule has 161 valence electrons. The predicted molar refractivity (Wildman–Crippen MR) is 120 cm³/mol. The SMILES string of the molecule is CCCCCC(O)c1ccc(C2=C(CCO)CC[C@@H]2COCc2cc[c-]s2)cc1.[Y]. The summed E-state index contributed by atoms with van der Waals surface area (Å²) < 4.78 is 6.01. The van der Waals surface area contributed by atoms with Crippen LogP contribution in [-0.2, 0) is 44.1 Å². The maximum Gasteiger partial charge on any atom is 0.0790 e. The Labute approximate surface area is 210 Å². The van der Waals surface area contributed by atoms with E-state index in [-0.39, 0.29) is 45.4 Å². The molecule has 1 unspecified atom stereocenters. The molecule has 1 radical (unpaired) electrons. The minimum Gasteiger partial charge on any atom is -0.396 e. The van der Waals surface area contributed by atoms with E-state index in [9.17, 15) is 10.2 Å². The maximum absolute atomic E-state index is 10.4. The van der Waals surface area contributed by atoms with E-state index >= 15 is 0 Å². The summed E-state index contributed by atoms with van der Waals surface area (Å²) in [6.07, 6.45) is 6.66. The Hall–Kier alpha value is -0.356. The van der Waals surface area contributed by atoms with Gasteiger partial charge in [-0.25, -0.2) is 0 Å². The second-order valence-electron chi connectivity index (χ2n) is 7.89. The largest absolute Gasteiger partial charge is 0.396 e. The van der Waals surface area contributed by atoms with Crippen LogP contribution >= 0.6 is 11.3 Å².